The summed E-state index contributed by atoms with van der Waals surface area (Å²) in [6, 6.07) is 0.385. The van der Waals surface area contributed by atoms with Crippen molar-refractivity contribution in [3.63, 3.8) is 0 Å². The van der Waals surface area contributed by atoms with Gasteiger partial charge in [0, 0.05) is 38.0 Å². The highest BCUT2D eigenvalue weighted by atomic mass is 16.5. The van der Waals surface area contributed by atoms with Gasteiger partial charge in [0.05, 0.1) is 18.3 Å². The average Bonchev–Trinajstić information content (AvgIpc) is 2.91. The molecule has 1 saturated heterocycles. The van der Waals surface area contributed by atoms with Gasteiger partial charge in [-0.05, 0) is 32.2 Å². The zero-order valence-electron chi connectivity index (χ0n) is 13.7. The monoisotopic (exact) mass is 294 g/mol. The smallest absolute Gasteiger partial charge is 0.0702 e. The van der Waals surface area contributed by atoms with Gasteiger partial charge in [0.2, 0.25) is 0 Å². The van der Waals surface area contributed by atoms with Crippen molar-refractivity contribution in [3.05, 3.63) is 18.0 Å². The van der Waals surface area contributed by atoms with Gasteiger partial charge < -0.3 is 10.5 Å². The van der Waals surface area contributed by atoms with Crippen molar-refractivity contribution in [1.82, 2.24) is 14.7 Å². The Morgan fingerprint density at radius 1 is 1.48 bits per heavy atom. The molecule has 0 bridgehead atoms. The largest absolute Gasteiger partial charge is 0.377 e. The molecule has 3 unspecified atom stereocenters. The van der Waals surface area contributed by atoms with Crippen LogP contribution >= 0.6 is 0 Å². The lowest BCUT2D eigenvalue weighted by Gasteiger charge is -2.40. The third kappa shape index (κ3) is 4.28. The van der Waals surface area contributed by atoms with Gasteiger partial charge in [-0.1, -0.05) is 13.8 Å². The maximum atomic E-state index is 6.42. The fraction of sp³-hybridized carbons (Fsp3) is 0.812. The van der Waals surface area contributed by atoms with E-state index in [-0.39, 0.29) is 12.1 Å². The summed E-state index contributed by atoms with van der Waals surface area (Å²) < 4.78 is 7.82. The van der Waals surface area contributed by atoms with Crippen molar-refractivity contribution in [2.45, 2.75) is 57.7 Å². The van der Waals surface area contributed by atoms with Gasteiger partial charge >= 0.3 is 0 Å². The first kappa shape index (κ1) is 16.5. The predicted octanol–water partition coefficient (Wildman–Crippen LogP) is 2.09. The molecular weight excluding hydrogens is 264 g/mol. The first-order valence-corrected chi connectivity index (χ1v) is 8.25. The van der Waals surface area contributed by atoms with Crippen LogP contribution in [-0.2, 0) is 11.8 Å². The molecule has 120 valence electrons. The van der Waals surface area contributed by atoms with Crippen LogP contribution < -0.4 is 5.73 Å². The van der Waals surface area contributed by atoms with Gasteiger partial charge in [0.1, 0.15) is 0 Å². The molecule has 0 spiro atoms. The van der Waals surface area contributed by atoms with Crippen LogP contribution in [0.2, 0.25) is 0 Å². The van der Waals surface area contributed by atoms with Crippen molar-refractivity contribution < 1.29 is 4.74 Å². The first-order chi connectivity index (χ1) is 10.2. The Kier molecular flexibility index (Phi) is 6.21. The molecule has 0 aliphatic carbocycles. The summed E-state index contributed by atoms with van der Waals surface area (Å²) in [6.07, 6.45) is 8.79. The molecule has 2 rings (SSSR count). The summed E-state index contributed by atoms with van der Waals surface area (Å²) in [6.45, 7) is 7.25. The molecule has 1 fully saturated rings. The molecule has 0 amide bonds. The standard InChI is InChI=1S/C16H30N4O/c1-4-9-21-14-7-6-8-20(12-14)16(15(17)5-2)13-10-18-19(3)11-13/h10-11,14-16H,4-9,12,17H2,1-3H3. The van der Waals surface area contributed by atoms with Gasteiger partial charge in [-0.3, -0.25) is 9.58 Å². The molecule has 0 aromatic carbocycles. The Hall–Kier alpha value is -0.910. The molecule has 1 aromatic heterocycles. The molecule has 3 atom stereocenters. The maximum Gasteiger partial charge on any atom is 0.0702 e. The molecule has 0 saturated carbocycles. The van der Waals surface area contributed by atoms with Crippen LogP contribution in [0.25, 0.3) is 0 Å². The van der Waals surface area contributed by atoms with E-state index in [2.05, 4.69) is 30.0 Å². The number of nitrogens with zero attached hydrogens (tertiary/aromatic N) is 3. The first-order valence-electron chi connectivity index (χ1n) is 8.25. The van der Waals surface area contributed by atoms with Crippen LogP contribution in [0, 0.1) is 0 Å². The Balaban J connectivity index is 2.09. The molecule has 0 radical (unpaired) electrons. The zero-order chi connectivity index (χ0) is 15.2. The number of hydrogen-bond donors (Lipinski definition) is 1. The number of hydrogen-bond acceptors (Lipinski definition) is 4. The van der Waals surface area contributed by atoms with Gasteiger partial charge in [-0.25, -0.2) is 0 Å². The minimum atomic E-state index is 0.138. The molecule has 21 heavy (non-hydrogen) atoms. The van der Waals surface area contributed by atoms with E-state index in [1.807, 2.05) is 17.9 Å². The summed E-state index contributed by atoms with van der Waals surface area (Å²) in [5.74, 6) is 0. The number of aryl methyl sites for hydroxylation is 1. The van der Waals surface area contributed by atoms with Crippen LogP contribution in [0.15, 0.2) is 12.4 Å². The van der Waals surface area contributed by atoms with Crippen molar-refractivity contribution in [2.75, 3.05) is 19.7 Å². The van der Waals surface area contributed by atoms with E-state index >= 15 is 0 Å². The number of rotatable bonds is 7. The molecule has 1 aliphatic heterocycles. The molecular formula is C16H30N4O. The summed E-state index contributed by atoms with van der Waals surface area (Å²) >= 11 is 0. The molecule has 2 heterocycles. The number of aromatic nitrogens is 2. The van der Waals surface area contributed by atoms with Gasteiger partial charge in [-0.2, -0.15) is 5.10 Å². The number of piperidine rings is 1. The van der Waals surface area contributed by atoms with Gasteiger partial charge in [0.25, 0.3) is 0 Å². The predicted molar refractivity (Wildman–Crippen MR) is 85.1 cm³/mol. The van der Waals surface area contributed by atoms with Gasteiger partial charge in [-0.15, -0.1) is 0 Å². The lowest BCUT2D eigenvalue weighted by atomic mass is 9.96. The number of nitrogens with two attached hydrogens (primary N) is 1. The Labute approximate surface area is 128 Å². The average molecular weight is 294 g/mol. The van der Waals surface area contributed by atoms with Gasteiger partial charge in [0.15, 0.2) is 0 Å². The minimum Gasteiger partial charge on any atom is -0.377 e. The van der Waals surface area contributed by atoms with E-state index in [0.717, 1.165) is 39.0 Å². The second-order valence-corrected chi connectivity index (χ2v) is 6.09. The summed E-state index contributed by atoms with van der Waals surface area (Å²) in [5.41, 5.74) is 7.64. The second kappa shape index (κ2) is 7.92. The maximum absolute atomic E-state index is 6.42. The third-order valence-electron chi connectivity index (χ3n) is 4.30. The SMILES string of the molecule is CCCOC1CCCN(C(c2cnn(C)c2)C(N)CC)C1. The Bertz CT molecular complexity index is 420. The summed E-state index contributed by atoms with van der Waals surface area (Å²) in [4.78, 5) is 2.50. The highest BCUT2D eigenvalue weighted by Crippen LogP contribution is 2.28. The molecule has 5 nitrogen and oxygen atoms in total. The lowest BCUT2D eigenvalue weighted by Crippen LogP contribution is -2.47. The quantitative estimate of drug-likeness (QED) is 0.836. The minimum absolute atomic E-state index is 0.138. The van der Waals surface area contributed by atoms with E-state index in [1.54, 1.807) is 0 Å². The molecule has 1 aromatic rings. The highest BCUT2D eigenvalue weighted by Gasteiger charge is 2.31. The van der Waals surface area contributed by atoms with Crippen molar-refractivity contribution >= 4 is 0 Å². The zero-order valence-corrected chi connectivity index (χ0v) is 13.7. The summed E-state index contributed by atoms with van der Waals surface area (Å²) in [7, 11) is 1.96. The van der Waals surface area contributed by atoms with E-state index in [0.29, 0.717) is 6.10 Å². The number of ether oxygens (including phenoxy) is 1. The van der Waals surface area contributed by atoms with Crippen LogP contribution in [0.5, 0.6) is 0 Å². The Morgan fingerprint density at radius 3 is 2.90 bits per heavy atom. The molecule has 2 N–H and O–H groups in total. The van der Waals surface area contributed by atoms with Crippen molar-refractivity contribution in [3.8, 4) is 0 Å². The third-order valence-corrected chi connectivity index (χ3v) is 4.30. The number of likely N-dealkylation sites (tertiary alicyclic amines) is 1. The van der Waals surface area contributed by atoms with Crippen LogP contribution in [-0.4, -0.2) is 46.5 Å². The Morgan fingerprint density at radius 2 is 2.29 bits per heavy atom. The second-order valence-electron chi connectivity index (χ2n) is 6.09. The van der Waals surface area contributed by atoms with E-state index in [4.69, 9.17) is 10.5 Å². The van der Waals surface area contributed by atoms with E-state index in [1.165, 1.54) is 12.0 Å². The van der Waals surface area contributed by atoms with Crippen LogP contribution in [0.3, 0.4) is 0 Å². The molecule has 1 aliphatic rings. The van der Waals surface area contributed by atoms with Crippen LogP contribution in [0.1, 0.15) is 51.1 Å². The van der Waals surface area contributed by atoms with Crippen molar-refractivity contribution in [2.24, 2.45) is 12.8 Å². The highest BCUT2D eigenvalue weighted by molar-refractivity contribution is 5.14. The van der Waals surface area contributed by atoms with E-state index in [9.17, 15) is 0 Å². The fourth-order valence-corrected chi connectivity index (χ4v) is 3.18. The fourth-order valence-electron chi connectivity index (χ4n) is 3.18. The van der Waals surface area contributed by atoms with E-state index < -0.39 is 0 Å². The normalized spacial score (nSPS) is 23.1. The van der Waals surface area contributed by atoms with Crippen molar-refractivity contribution in [1.29, 1.82) is 0 Å². The molecule has 5 heteroatoms. The topological polar surface area (TPSA) is 56.3 Å². The lowest BCUT2D eigenvalue weighted by molar-refractivity contribution is -0.0165. The van der Waals surface area contributed by atoms with Crippen LogP contribution in [0.4, 0.5) is 0 Å². The summed E-state index contributed by atoms with van der Waals surface area (Å²) in [5, 5.41) is 4.32.